The number of hydrogen-bond acceptors (Lipinski definition) is 8. The van der Waals surface area contributed by atoms with Crippen molar-refractivity contribution < 1.29 is 18.7 Å². The lowest BCUT2D eigenvalue weighted by molar-refractivity contribution is 0.130. The fourth-order valence-corrected chi connectivity index (χ4v) is 4.50. The summed E-state index contributed by atoms with van der Waals surface area (Å²) in [6.45, 7) is 6.55. The van der Waals surface area contributed by atoms with Gasteiger partial charge in [-0.25, -0.2) is 4.79 Å². The highest BCUT2D eigenvalue weighted by Gasteiger charge is 2.40. The Balaban J connectivity index is 1.35. The highest BCUT2D eigenvalue weighted by molar-refractivity contribution is 5.84. The molecule has 2 atom stereocenters. The van der Waals surface area contributed by atoms with Crippen molar-refractivity contribution in [2.24, 2.45) is 11.7 Å². The number of benzene rings is 2. The highest BCUT2D eigenvalue weighted by atomic mass is 16.6. The third-order valence-corrected chi connectivity index (χ3v) is 6.27. The molecule has 35 heavy (non-hydrogen) atoms. The first-order valence-corrected chi connectivity index (χ1v) is 12.0. The van der Waals surface area contributed by atoms with Crippen LogP contribution in [-0.2, 0) is 11.3 Å². The van der Waals surface area contributed by atoms with Crippen LogP contribution < -0.4 is 20.7 Å². The zero-order chi connectivity index (χ0) is 24.5. The molecule has 1 aliphatic carbocycles. The zero-order valence-corrected chi connectivity index (χ0v) is 20.2. The molecule has 0 saturated heterocycles. The molecule has 1 aromatic heterocycles. The van der Waals surface area contributed by atoms with Crippen LogP contribution in [0.25, 0.3) is 0 Å². The van der Waals surface area contributed by atoms with E-state index in [-0.39, 0.29) is 24.8 Å². The number of aryl methyl sites for hydroxylation is 1. The van der Waals surface area contributed by atoms with Crippen LogP contribution in [0.2, 0.25) is 0 Å². The fourth-order valence-electron chi connectivity index (χ4n) is 4.50. The van der Waals surface area contributed by atoms with Crippen LogP contribution in [0.3, 0.4) is 0 Å². The van der Waals surface area contributed by atoms with Crippen molar-refractivity contribution in [1.29, 1.82) is 0 Å². The van der Waals surface area contributed by atoms with E-state index in [1.165, 1.54) is 12.8 Å². The monoisotopic (exact) mass is 477 g/mol. The minimum absolute atomic E-state index is 0.00361. The third kappa shape index (κ3) is 5.24. The van der Waals surface area contributed by atoms with Gasteiger partial charge in [0.15, 0.2) is 6.61 Å². The van der Waals surface area contributed by atoms with Crippen LogP contribution in [-0.4, -0.2) is 28.9 Å². The second kappa shape index (κ2) is 9.58. The van der Waals surface area contributed by atoms with Crippen LogP contribution in [0.15, 0.2) is 46.9 Å². The van der Waals surface area contributed by atoms with Crippen LogP contribution in [0, 0.1) is 12.8 Å². The SMILES string of the molecule is Cc1nnc(COc2ccc3c(c2)N(CC2CC2)C(c2ccc(NC(=O)OC(C)C)cc2)C3N)o1. The first kappa shape index (κ1) is 23.2. The van der Waals surface area contributed by atoms with Crippen LogP contribution >= 0.6 is 0 Å². The Kier molecular flexibility index (Phi) is 6.34. The predicted molar refractivity (Wildman–Crippen MR) is 131 cm³/mol. The van der Waals surface area contributed by atoms with Crippen molar-refractivity contribution in [3.05, 3.63) is 65.4 Å². The lowest BCUT2D eigenvalue weighted by Gasteiger charge is -2.30. The molecule has 5 rings (SSSR count). The van der Waals surface area contributed by atoms with Gasteiger partial charge in [0.25, 0.3) is 5.89 Å². The number of rotatable bonds is 8. The first-order chi connectivity index (χ1) is 16.9. The summed E-state index contributed by atoms with van der Waals surface area (Å²) >= 11 is 0. The van der Waals surface area contributed by atoms with Crippen molar-refractivity contribution in [2.45, 2.75) is 58.4 Å². The van der Waals surface area contributed by atoms with E-state index < -0.39 is 6.09 Å². The molecular formula is C26H31N5O4. The standard InChI is InChI=1S/C26H31N5O4/c1-15(2)34-26(32)28-19-8-6-18(7-9-19)25-24(27)21-11-10-20(33-14-23-30-29-16(3)35-23)12-22(21)31(25)13-17-4-5-17/h6-12,15,17,24-25H,4-5,13-14,27H2,1-3H3,(H,28,32). The maximum atomic E-state index is 11.9. The number of nitrogens with zero attached hydrogens (tertiary/aromatic N) is 3. The van der Waals surface area contributed by atoms with Gasteiger partial charge in [0.05, 0.1) is 18.2 Å². The number of fused-ring (bicyclic) bond motifs is 1. The number of hydrogen-bond donors (Lipinski definition) is 2. The number of ether oxygens (including phenoxy) is 2. The number of nitrogens with two attached hydrogens (primary N) is 1. The van der Waals surface area contributed by atoms with Crippen LogP contribution in [0.1, 0.15) is 61.7 Å². The molecular weight excluding hydrogens is 446 g/mol. The Morgan fingerprint density at radius 2 is 1.97 bits per heavy atom. The molecule has 2 unspecified atom stereocenters. The molecule has 2 aliphatic rings. The van der Waals surface area contributed by atoms with Crippen LogP contribution in [0.5, 0.6) is 5.75 Å². The van der Waals surface area contributed by atoms with Gasteiger partial charge in [-0.05, 0) is 61.9 Å². The minimum atomic E-state index is -0.462. The lowest BCUT2D eigenvalue weighted by atomic mass is 9.97. The maximum absolute atomic E-state index is 11.9. The Bertz CT molecular complexity index is 1190. The molecule has 9 nitrogen and oxygen atoms in total. The van der Waals surface area contributed by atoms with Gasteiger partial charge in [-0.15, -0.1) is 10.2 Å². The normalized spacial score (nSPS) is 19.1. The van der Waals surface area contributed by atoms with Gasteiger partial charge in [-0.3, -0.25) is 5.32 Å². The van der Waals surface area contributed by atoms with Crippen molar-refractivity contribution >= 4 is 17.5 Å². The molecule has 1 aliphatic heterocycles. The van der Waals surface area contributed by atoms with Crippen molar-refractivity contribution in [3.63, 3.8) is 0 Å². The predicted octanol–water partition coefficient (Wildman–Crippen LogP) is 4.89. The summed E-state index contributed by atoms with van der Waals surface area (Å²) in [5, 5.41) is 10.6. The Hall–Kier alpha value is -3.59. The summed E-state index contributed by atoms with van der Waals surface area (Å²) in [4.78, 5) is 14.3. The molecule has 0 radical (unpaired) electrons. The molecule has 1 saturated carbocycles. The van der Waals surface area contributed by atoms with Crippen LogP contribution in [0.4, 0.5) is 16.2 Å². The van der Waals surface area contributed by atoms with Crippen molar-refractivity contribution in [3.8, 4) is 5.75 Å². The number of carbonyl (C=O) groups excluding carboxylic acids is 1. The summed E-state index contributed by atoms with van der Waals surface area (Å²) < 4.78 is 16.5. The molecule has 2 aromatic carbocycles. The third-order valence-electron chi connectivity index (χ3n) is 6.27. The number of nitrogens with one attached hydrogen (secondary N) is 1. The first-order valence-electron chi connectivity index (χ1n) is 12.0. The minimum Gasteiger partial charge on any atom is -0.484 e. The average molecular weight is 478 g/mol. The van der Waals surface area contributed by atoms with Gasteiger partial charge < -0.3 is 24.5 Å². The second-order valence-electron chi connectivity index (χ2n) is 9.49. The number of aromatic nitrogens is 2. The van der Waals surface area contributed by atoms with E-state index in [9.17, 15) is 4.79 Å². The zero-order valence-electron chi connectivity index (χ0n) is 20.2. The summed E-state index contributed by atoms with van der Waals surface area (Å²) in [5.41, 5.74) is 10.8. The molecule has 9 heteroatoms. The second-order valence-corrected chi connectivity index (χ2v) is 9.49. The van der Waals surface area contributed by atoms with E-state index >= 15 is 0 Å². The van der Waals surface area contributed by atoms with Gasteiger partial charge >= 0.3 is 6.09 Å². The molecule has 0 bridgehead atoms. The van der Waals surface area contributed by atoms with E-state index in [0.717, 1.165) is 29.1 Å². The average Bonchev–Trinajstić information content (AvgIpc) is 3.48. The van der Waals surface area contributed by atoms with Crippen molar-refractivity contribution in [2.75, 3.05) is 16.8 Å². The molecule has 184 valence electrons. The number of anilines is 2. The van der Waals surface area contributed by atoms with Gasteiger partial charge in [0.2, 0.25) is 5.89 Å². The topological polar surface area (TPSA) is 116 Å². The molecule has 1 fully saturated rings. The molecule has 0 spiro atoms. The van der Waals surface area contributed by atoms with Gasteiger partial charge in [-0.2, -0.15) is 0 Å². The molecule has 2 heterocycles. The van der Waals surface area contributed by atoms with E-state index in [1.54, 1.807) is 6.92 Å². The Morgan fingerprint density at radius 3 is 2.63 bits per heavy atom. The van der Waals surface area contributed by atoms with E-state index in [0.29, 0.717) is 23.4 Å². The summed E-state index contributed by atoms with van der Waals surface area (Å²) in [5.74, 6) is 2.36. The van der Waals surface area contributed by atoms with Gasteiger partial charge in [0, 0.05) is 30.9 Å². The number of carbonyl (C=O) groups is 1. The molecule has 3 N–H and O–H groups in total. The smallest absolute Gasteiger partial charge is 0.411 e. The Labute approximate surface area is 204 Å². The summed E-state index contributed by atoms with van der Waals surface area (Å²) in [6, 6.07) is 13.7. The highest BCUT2D eigenvalue weighted by Crippen LogP contribution is 2.49. The van der Waals surface area contributed by atoms with E-state index in [4.69, 9.17) is 19.6 Å². The maximum Gasteiger partial charge on any atom is 0.411 e. The molecule has 1 amide bonds. The van der Waals surface area contributed by atoms with Gasteiger partial charge in [-0.1, -0.05) is 18.2 Å². The molecule has 3 aromatic rings. The van der Waals surface area contributed by atoms with E-state index in [2.05, 4.69) is 26.5 Å². The van der Waals surface area contributed by atoms with E-state index in [1.807, 2.05) is 50.2 Å². The van der Waals surface area contributed by atoms with Gasteiger partial charge in [0.1, 0.15) is 5.75 Å². The Morgan fingerprint density at radius 1 is 1.20 bits per heavy atom. The quantitative estimate of drug-likeness (QED) is 0.471. The summed E-state index contributed by atoms with van der Waals surface area (Å²) in [7, 11) is 0. The number of amides is 1. The fraction of sp³-hybridized carbons (Fsp3) is 0.423. The summed E-state index contributed by atoms with van der Waals surface area (Å²) in [6.07, 6.45) is 1.84. The lowest BCUT2D eigenvalue weighted by Crippen LogP contribution is -2.31. The van der Waals surface area contributed by atoms with Crippen molar-refractivity contribution in [1.82, 2.24) is 10.2 Å². The largest absolute Gasteiger partial charge is 0.484 e.